The van der Waals surface area contributed by atoms with E-state index in [1.54, 1.807) is 0 Å². The number of hydrogen-bond donors (Lipinski definition) is 0. The standard InChI is InChI=1S/C20H41Br.H3P/c1-5-9-13-14-16-19(15-10-6-2)20(21,17-11-7-3)18-12-8-4;/h19H,5-18H2,1-4H3;1H3. The molecular formula is C20H44BrP. The highest BCUT2D eigenvalue weighted by molar-refractivity contribution is 9.10. The SMILES string of the molecule is CCCCCCC(CCCC)C(Br)(CCCC)CCCC.P. The Morgan fingerprint density at radius 2 is 1.09 bits per heavy atom. The minimum Gasteiger partial charge on any atom is -0.153 e. The van der Waals surface area contributed by atoms with Gasteiger partial charge in [0.1, 0.15) is 0 Å². The van der Waals surface area contributed by atoms with Gasteiger partial charge in [-0.1, -0.05) is 108 Å². The Kier molecular flexibility index (Phi) is 19.2. The van der Waals surface area contributed by atoms with Crippen LogP contribution in [0.5, 0.6) is 0 Å². The number of unbranched alkanes of at least 4 members (excludes halogenated alkanes) is 6. The molecule has 0 radical (unpaired) electrons. The summed E-state index contributed by atoms with van der Waals surface area (Å²) < 4.78 is 0.431. The molecule has 0 aromatic rings. The predicted octanol–water partition coefficient (Wildman–Crippen LogP) is 8.34. The molecule has 0 aliphatic heterocycles. The van der Waals surface area contributed by atoms with Crippen LogP contribution in [0.2, 0.25) is 0 Å². The van der Waals surface area contributed by atoms with Gasteiger partial charge >= 0.3 is 0 Å². The molecule has 0 aliphatic carbocycles. The van der Waals surface area contributed by atoms with E-state index in [-0.39, 0.29) is 9.90 Å². The second-order valence-corrected chi connectivity index (χ2v) is 8.51. The van der Waals surface area contributed by atoms with Crippen molar-refractivity contribution in [2.24, 2.45) is 5.92 Å². The molecule has 0 N–H and O–H groups in total. The highest BCUT2D eigenvalue weighted by atomic mass is 79.9. The number of halogens is 1. The minimum atomic E-state index is 0. The molecule has 2 unspecified atom stereocenters. The molecule has 0 aliphatic rings. The van der Waals surface area contributed by atoms with Crippen molar-refractivity contribution < 1.29 is 0 Å². The fraction of sp³-hybridized carbons (Fsp3) is 1.00. The molecule has 0 aromatic carbocycles. The van der Waals surface area contributed by atoms with Crippen LogP contribution in [-0.2, 0) is 0 Å². The van der Waals surface area contributed by atoms with Crippen LogP contribution in [0.25, 0.3) is 0 Å². The zero-order valence-corrected chi connectivity index (χ0v) is 19.1. The summed E-state index contributed by atoms with van der Waals surface area (Å²) in [5.41, 5.74) is 0. The molecule has 0 saturated heterocycles. The third-order valence-electron chi connectivity index (χ3n) is 4.94. The van der Waals surface area contributed by atoms with Gasteiger partial charge in [-0.25, -0.2) is 0 Å². The molecule has 0 amide bonds. The molecule has 0 saturated carbocycles. The van der Waals surface area contributed by atoms with Gasteiger partial charge in [-0.2, -0.15) is 9.90 Å². The quantitative estimate of drug-likeness (QED) is 0.148. The number of hydrogen-bond acceptors (Lipinski definition) is 0. The third kappa shape index (κ3) is 11.4. The lowest BCUT2D eigenvalue weighted by Crippen LogP contribution is -2.32. The maximum absolute atomic E-state index is 4.25. The van der Waals surface area contributed by atoms with E-state index in [0.29, 0.717) is 4.32 Å². The Morgan fingerprint density at radius 1 is 0.636 bits per heavy atom. The van der Waals surface area contributed by atoms with Crippen LogP contribution in [0.4, 0.5) is 0 Å². The molecular weight excluding hydrogens is 351 g/mol. The van der Waals surface area contributed by atoms with Gasteiger partial charge in [0.25, 0.3) is 0 Å². The molecule has 0 bridgehead atoms. The van der Waals surface area contributed by atoms with Gasteiger partial charge in [0.15, 0.2) is 0 Å². The fourth-order valence-electron chi connectivity index (χ4n) is 3.40. The van der Waals surface area contributed by atoms with Crippen molar-refractivity contribution >= 4 is 25.8 Å². The van der Waals surface area contributed by atoms with Crippen molar-refractivity contribution in [2.45, 2.75) is 122 Å². The average molecular weight is 395 g/mol. The van der Waals surface area contributed by atoms with Crippen molar-refractivity contribution in [3.63, 3.8) is 0 Å². The van der Waals surface area contributed by atoms with Crippen molar-refractivity contribution in [3.8, 4) is 0 Å². The summed E-state index contributed by atoms with van der Waals surface area (Å²) in [6.45, 7) is 9.30. The minimum absolute atomic E-state index is 0. The van der Waals surface area contributed by atoms with Crippen LogP contribution in [0, 0.1) is 5.92 Å². The van der Waals surface area contributed by atoms with Gasteiger partial charge in [0, 0.05) is 4.32 Å². The summed E-state index contributed by atoms with van der Waals surface area (Å²) in [5, 5.41) is 0. The van der Waals surface area contributed by atoms with Gasteiger partial charge in [-0.3, -0.25) is 0 Å². The first-order valence-corrected chi connectivity index (χ1v) is 10.6. The first-order chi connectivity index (χ1) is 10.1. The third-order valence-corrected chi connectivity index (χ3v) is 6.38. The van der Waals surface area contributed by atoms with Crippen LogP contribution in [-0.4, -0.2) is 4.32 Å². The van der Waals surface area contributed by atoms with E-state index in [0.717, 1.165) is 5.92 Å². The predicted molar refractivity (Wildman–Crippen MR) is 114 cm³/mol. The molecule has 2 heteroatoms. The second-order valence-electron chi connectivity index (χ2n) is 6.93. The van der Waals surface area contributed by atoms with E-state index < -0.39 is 0 Å². The van der Waals surface area contributed by atoms with Crippen LogP contribution in [0.3, 0.4) is 0 Å². The molecule has 0 spiro atoms. The zero-order valence-electron chi connectivity index (χ0n) is 16.1. The monoisotopic (exact) mass is 394 g/mol. The molecule has 0 aromatic heterocycles. The van der Waals surface area contributed by atoms with Gasteiger partial charge in [0.05, 0.1) is 0 Å². The topological polar surface area (TPSA) is 0 Å². The van der Waals surface area contributed by atoms with Gasteiger partial charge < -0.3 is 0 Å². The summed E-state index contributed by atoms with van der Waals surface area (Å²) in [4.78, 5) is 0. The van der Waals surface area contributed by atoms with Crippen LogP contribution in [0.1, 0.15) is 118 Å². The first kappa shape index (κ1) is 25.2. The lowest BCUT2D eigenvalue weighted by atomic mass is 9.78. The summed E-state index contributed by atoms with van der Waals surface area (Å²) in [7, 11) is 0. The molecule has 0 heterocycles. The van der Waals surface area contributed by atoms with E-state index in [1.807, 2.05) is 0 Å². The Hall–Kier alpha value is 0.910. The van der Waals surface area contributed by atoms with Crippen molar-refractivity contribution in [3.05, 3.63) is 0 Å². The van der Waals surface area contributed by atoms with E-state index in [1.165, 1.54) is 89.9 Å². The fourth-order valence-corrected chi connectivity index (χ4v) is 4.42. The summed E-state index contributed by atoms with van der Waals surface area (Å²) in [6.07, 6.45) is 19.4. The summed E-state index contributed by atoms with van der Waals surface area (Å²) >= 11 is 4.25. The second kappa shape index (κ2) is 16.8. The first-order valence-electron chi connectivity index (χ1n) is 9.83. The maximum Gasteiger partial charge on any atom is 0.0286 e. The Morgan fingerprint density at radius 3 is 1.55 bits per heavy atom. The van der Waals surface area contributed by atoms with E-state index >= 15 is 0 Å². The molecule has 136 valence electrons. The largest absolute Gasteiger partial charge is 0.153 e. The van der Waals surface area contributed by atoms with Gasteiger partial charge in [0.2, 0.25) is 0 Å². The number of rotatable bonds is 15. The average Bonchev–Trinajstić information content (AvgIpc) is 2.50. The molecule has 0 fully saturated rings. The summed E-state index contributed by atoms with van der Waals surface area (Å²) in [5.74, 6) is 0.896. The van der Waals surface area contributed by atoms with Crippen LogP contribution < -0.4 is 0 Å². The Bertz CT molecular complexity index is 210. The molecule has 22 heavy (non-hydrogen) atoms. The van der Waals surface area contributed by atoms with Crippen molar-refractivity contribution in [2.75, 3.05) is 0 Å². The highest BCUT2D eigenvalue weighted by Crippen LogP contribution is 2.43. The van der Waals surface area contributed by atoms with E-state index in [9.17, 15) is 0 Å². The zero-order chi connectivity index (χ0) is 16.0. The molecule has 2 atom stereocenters. The molecule has 0 nitrogen and oxygen atoms in total. The van der Waals surface area contributed by atoms with Crippen LogP contribution >= 0.6 is 25.8 Å². The molecule has 0 rings (SSSR count). The van der Waals surface area contributed by atoms with Crippen molar-refractivity contribution in [1.29, 1.82) is 0 Å². The van der Waals surface area contributed by atoms with Gasteiger partial charge in [-0.05, 0) is 31.6 Å². The summed E-state index contributed by atoms with van der Waals surface area (Å²) in [6, 6.07) is 0. The lowest BCUT2D eigenvalue weighted by Gasteiger charge is -2.37. The Balaban J connectivity index is 0. The Labute approximate surface area is 153 Å². The number of alkyl halides is 1. The van der Waals surface area contributed by atoms with Gasteiger partial charge in [-0.15, -0.1) is 0 Å². The maximum atomic E-state index is 4.25. The van der Waals surface area contributed by atoms with E-state index in [2.05, 4.69) is 43.6 Å². The lowest BCUT2D eigenvalue weighted by molar-refractivity contribution is 0.282. The highest BCUT2D eigenvalue weighted by Gasteiger charge is 2.34. The van der Waals surface area contributed by atoms with E-state index in [4.69, 9.17) is 0 Å². The van der Waals surface area contributed by atoms with Crippen LogP contribution in [0.15, 0.2) is 0 Å². The van der Waals surface area contributed by atoms with Crippen molar-refractivity contribution in [1.82, 2.24) is 0 Å². The smallest absolute Gasteiger partial charge is 0.0286 e. The normalized spacial score (nSPS) is 13.0.